The first-order valence-corrected chi connectivity index (χ1v) is 11.8. The molecular formula is C25H33NOS. The van der Waals surface area contributed by atoms with Crippen LogP contribution in [0.4, 0.5) is 0 Å². The van der Waals surface area contributed by atoms with Crippen molar-refractivity contribution in [1.82, 2.24) is 5.16 Å². The zero-order valence-electron chi connectivity index (χ0n) is 17.4. The maximum Gasteiger partial charge on any atom is 0.167 e. The number of rotatable bonds is 12. The molecule has 0 aliphatic rings. The highest BCUT2D eigenvalue weighted by atomic mass is 32.1. The number of benzene rings is 1. The van der Waals surface area contributed by atoms with Crippen LogP contribution < -0.4 is 0 Å². The van der Waals surface area contributed by atoms with Gasteiger partial charge in [0.05, 0.1) is 4.88 Å². The van der Waals surface area contributed by atoms with Crippen LogP contribution >= 0.6 is 11.3 Å². The lowest BCUT2D eigenvalue weighted by Crippen LogP contribution is -1.86. The Labute approximate surface area is 174 Å². The molecule has 0 saturated heterocycles. The molecule has 2 nitrogen and oxygen atoms in total. The molecule has 28 heavy (non-hydrogen) atoms. The van der Waals surface area contributed by atoms with Crippen molar-refractivity contribution in [2.75, 3.05) is 0 Å². The number of unbranched alkanes of at least 4 members (excludes halogenated alkanes) is 6. The maximum absolute atomic E-state index is 5.63. The Morgan fingerprint density at radius 3 is 2.32 bits per heavy atom. The van der Waals surface area contributed by atoms with Crippen LogP contribution in [0.3, 0.4) is 0 Å². The van der Waals surface area contributed by atoms with Crippen LogP contribution in [0.25, 0.3) is 21.9 Å². The van der Waals surface area contributed by atoms with E-state index in [9.17, 15) is 0 Å². The normalized spacial score (nSPS) is 11.2. The van der Waals surface area contributed by atoms with Crippen LogP contribution in [0.2, 0.25) is 0 Å². The Kier molecular flexibility index (Phi) is 8.35. The Morgan fingerprint density at radius 2 is 1.54 bits per heavy atom. The highest BCUT2D eigenvalue weighted by Crippen LogP contribution is 2.31. The molecule has 3 rings (SSSR count). The lowest BCUT2D eigenvalue weighted by Gasteiger charge is -2.03. The topological polar surface area (TPSA) is 26.0 Å². The second-order valence-electron chi connectivity index (χ2n) is 7.66. The van der Waals surface area contributed by atoms with E-state index in [4.69, 9.17) is 4.52 Å². The van der Waals surface area contributed by atoms with Gasteiger partial charge in [-0.2, -0.15) is 0 Å². The molecule has 0 radical (unpaired) electrons. The van der Waals surface area contributed by atoms with Crippen molar-refractivity contribution >= 4 is 11.3 Å². The fraction of sp³-hybridized carbons (Fsp3) is 0.480. The molecule has 0 spiro atoms. The molecule has 2 heterocycles. The molecule has 150 valence electrons. The molecule has 0 atom stereocenters. The fourth-order valence-electron chi connectivity index (χ4n) is 3.47. The molecule has 1 aromatic carbocycles. The zero-order chi connectivity index (χ0) is 19.6. The summed E-state index contributed by atoms with van der Waals surface area (Å²) in [6.07, 6.45) is 12.9. The van der Waals surface area contributed by atoms with Crippen molar-refractivity contribution in [2.24, 2.45) is 0 Å². The van der Waals surface area contributed by atoms with Gasteiger partial charge in [0, 0.05) is 16.5 Å². The van der Waals surface area contributed by atoms with Crippen LogP contribution in [-0.4, -0.2) is 5.16 Å². The number of nitrogens with zero attached hydrogens (tertiary/aromatic N) is 1. The van der Waals surface area contributed by atoms with Gasteiger partial charge in [-0.25, -0.2) is 0 Å². The summed E-state index contributed by atoms with van der Waals surface area (Å²) in [4.78, 5) is 2.63. The maximum atomic E-state index is 5.63. The molecule has 0 unspecified atom stereocenters. The lowest BCUT2D eigenvalue weighted by molar-refractivity contribution is 0.435. The minimum atomic E-state index is 0.852. The molecule has 3 heteroatoms. The first-order chi connectivity index (χ1) is 13.8. The van der Waals surface area contributed by atoms with Crippen LogP contribution in [-0.2, 0) is 12.8 Å². The van der Waals surface area contributed by atoms with E-state index >= 15 is 0 Å². The van der Waals surface area contributed by atoms with E-state index < -0.39 is 0 Å². The predicted molar refractivity (Wildman–Crippen MR) is 121 cm³/mol. The van der Waals surface area contributed by atoms with E-state index in [1.54, 1.807) is 0 Å². The molecule has 2 aromatic heterocycles. The first kappa shape index (κ1) is 20.9. The smallest absolute Gasteiger partial charge is 0.167 e. The van der Waals surface area contributed by atoms with Crippen LogP contribution in [0.5, 0.6) is 0 Å². The molecule has 0 bridgehead atoms. The molecule has 0 aliphatic heterocycles. The van der Waals surface area contributed by atoms with Crippen LogP contribution in [0.1, 0.15) is 75.7 Å². The first-order valence-electron chi connectivity index (χ1n) is 10.9. The zero-order valence-corrected chi connectivity index (χ0v) is 18.2. The van der Waals surface area contributed by atoms with Crippen molar-refractivity contribution in [2.45, 2.75) is 78.1 Å². The summed E-state index contributed by atoms with van der Waals surface area (Å²) < 4.78 is 5.63. The Morgan fingerprint density at radius 1 is 0.786 bits per heavy atom. The van der Waals surface area contributed by atoms with Crippen molar-refractivity contribution in [1.29, 1.82) is 0 Å². The second-order valence-corrected chi connectivity index (χ2v) is 8.83. The van der Waals surface area contributed by atoms with Gasteiger partial charge in [-0.15, -0.1) is 11.3 Å². The van der Waals surface area contributed by atoms with Gasteiger partial charge in [-0.1, -0.05) is 81.8 Å². The summed E-state index contributed by atoms with van der Waals surface area (Å²) in [7, 11) is 0. The number of aryl methyl sites for hydroxylation is 2. The van der Waals surface area contributed by atoms with Gasteiger partial charge in [0.2, 0.25) is 0 Å². The summed E-state index contributed by atoms with van der Waals surface area (Å²) in [6, 6.07) is 15.3. The quantitative estimate of drug-likeness (QED) is 0.288. The van der Waals surface area contributed by atoms with Gasteiger partial charge >= 0.3 is 0 Å². The minimum absolute atomic E-state index is 0.852. The van der Waals surface area contributed by atoms with Gasteiger partial charge < -0.3 is 4.52 Å². The predicted octanol–water partition coefficient (Wildman–Crippen LogP) is 8.32. The van der Waals surface area contributed by atoms with E-state index in [-0.39, 0.29) is 0 Å². The molecule has 0 N–H and O–H groups in total. The van der Waals surface area contributed by atoms with Crippen molar-refractivity contribution in [3.63, 3.8) is 0 Å². The van der Waals surface area contributed by atoms with Crippen LogP contribution in [0.15, 0.2) is 47.0 Å². The lowest BCUT2D eigenvalue weighted by atomic mass is 10.0. The summed E-state index contributed by atoms with van der Waals surface area (Å²) in [5.74, 6) is 0.852. The van der Waals surface area contributed by atoms with E-state index in [1.807, 2.05) is 11.3 Å². The van der Waals surface area contributed by atoms with Crippen molar-refractivity contribution in [3.05, 3.63) is 52.9 Å². The standard InChI is InChI=1S/C25H33NOS/c1-3-5-7-8-9-10-11-20-13-15-21(16-14-20)24-19-23(26-27-24)25-18-17-22(28-25)12-6-4-2/h13-19H,3-12H2,1-2H3. The van der Waals surface area contributed by atoms with Crippen molar-refractivity contribution < 1.29 is 4.52 Å². The van der Waals surface area contributed by atoms with Gasteiger partial charge in [-0.3, -0.25) is 0 Å². The Balaban J connectivity index is 1.54. The SMILES string of the molecule is CCCCCCCCc1ccc(-c2cc(-c3ccc(CCCC)s3)no2)cc1. The Hall–Kier alpha value is -1.87. The Bertz CT molecular complexity index is 815. The van der Waals surface area contributed by atoms with Gasteiger partial charge in [-0.05, 0) is 43.4 Å². The summed E-state index contributed by atoms with van der Waals surface area (Å²) >= 11 is 1.83. The molecule has 0 fully saturated rings. The third-order valence-corrected chi connectivity index (χ3v) is 6.43. The molecular weight excluding hydrogens is 362 g/mol. The summed E-state index contributed by atoms with van der Waals surface area (Å²) in [5.41, 5.74) is 3.46. The third kappa shape index (κ3) is 6.07. The second kappa shape index (κ2) is 11.2. The highest BCUT2D eigenvalue weighted by Gasteiger charge is 2.11. The van der Waals surface area contributed by atoms with E-state index in [2.05, 4.69) is 61.5 Å². The average Bonchev–Trinajstić information content (AvgIpc) is 3.39. The van der Waals surface area contributed by atoms with Gasteiger partial charge in [0.15, 0.2) is 5.76 Å². The molecule has 0 aliphatic carbocycles. The number of thiophene rings is 1. The third-order valence-electron chi connectivity index (χ3n) is 5.26. The van der Waals surface area contributed by atoms with Gasteiger partial charge in [0.1, 0.15) is 5.69 Å². The van der Waals surface area contributed by atoms with E-state index in [1.165, 1.54) is 73.1 Å². The highest BCUT2D eigenvalue weighted by molar-refractivity contribution is 7.15. The molecule has 0 amide bonds. The molecule has 0 saturated carbocycles. The fourth-order valence-corrected chi connectivity index (χ4v) is 4.48. The summed E-state index contributed by atoms with van der Waals surface area (Å²) in [6.45, 7) is 4.50. The minimum Gasteiger partial charge on any atom is -0.356 e. The largest absolute Gasteiger partial charge is 0.356 e. The number of aromatic nitrogens is 1. The number of hydrogen-bond donors (Lipinski definition) is 0. The average molecular weight is 396 g/mol. The monoisotopic (exact) mass is 395 g/mol. The van der Waals surface area contributed by atoms with E-state index in [0.717, 1.165) is 23.4 Å². The summed E-state index contributed by atoms with van der Waals surface area (Å²) in [5, 5.41) is 4.30. The van der Waals surface area contributed by atoms with Gasteiger partial charge in [0.25, 0.3) is 0 Å². The van der Waals surface area contributed by atoms with Crippen LogP contribution in [0, 0.1) is 0 Å². The van der Waals surface area contributed by atoms with E-state index in [0.29, 0.717) is 0 Å². The van der Waals surface area contributed by atoms with Crippen molar-refractivity contribution in [3.8, 4) is 21.9 Å². The molecule has 3 aromatic rings. The number of hydrogen-bond acceptors (Lipinski definition) is 3.